The van der Waals surface area contributed by atoms with Crippen molar-refractivity contribution in [1.82, 2.24) is 14.5 Å². The molecule has 0 saturated carbocycles. The number of aromatic nitrogens is 3. The molecular weight excluding hydrogens is 679 g/mol. The van der Waals surface area contributed by atoms with E-state index in [4.69, 9.17) is 0 Å². The predicted octanol–water partition coefficient (Wildman–Crippen LogP) is 14.9. The van der Waals surface area contributed by atoms with Gasteiger partial charge in [-0.05, 0) is 125 Å². The molecule has 0 bridgehead atoms. The van der Waals surface area contributed by atoms with Crippen molar-refractivity contribution < 1.29 is 0 Å². The molecule has 6 aromatic carbocycles. The highest BCUT2D eigenvalue weighted by molar-refractivity contribution is 6.08. The minimum Gasteiger partial charge on any atom is -0.309 e. The molecule has 278 valence electrons. The maximum absolute atomic E-state index is 4.42. The highest BCUT2D eigenvalue weighted by Crippen LogP contribution is 2.36. The molecule has 0 unspecified atom stereocenters. The molecule has 0 radical (unpaired) electrons. The summed E-state index contributed by atoms with van der Waals surface area (Å²) in [6.07, 6.45) is 7.61. The van der Waals surface area contributed by atoms with Crippen LogP contribution < -0.4 is 0 Å². The van der Waals surface area contributed by atoms with Gasteiger partial charge in [-0.3, -0.25) is 9.97 Å². The molecule has 0 atom stereocenters. The third kappa shape index (κ3) is 8.53. The summed E-state index contributed by atoms with van der Waals surface area (Å²) in [5, 5.41) is 2.39. The van der Waals surface area contributed by atoms with Crippen molar-refractivity contribution in [2.75, 3.05) is 0 Å². The van der Waals surface area contributed by atoms with Crippen molar-refractivity contribution in [2.24, 2.45) is 0 Å². The van der Waals surface area contributed by atoms with Gasteiger partial charge in [0, 0.05) is 46.8 Å². The Labute approximate surface area is 333 Å². The van der Waals surface area contributed by atoms with Gasteiger partial charge in [-0.1, -0.05) is 137 Å². The van der Waals surface area contributed by atoms with E-state index in [2.05, 4.69) is 187 Å². The van der Waals surface area contributed by atoms with E-state index in [0.717, 1.165) is 5.69 Å². The Balaban J connectivity index is 0.000000247. The normalized spacial score (nSPS) is 10.4. The van der Waals surface area contributed by atoms with Crippen molar-refractivity contribution in [1.29, 1.82) is 0 Å². The van der Waals surface area contributed by atoms with Crippen LogP contribution in [0.25, 0.3) is 72.0 Å². The van der Waals surface area contributed by atoms with Gasteiger partial charge >= 0.3 is 0 Å². The summed E-state index contributed by atoms with van der Waals surface area (Å²) in [5.74, 6) is 0. The second-order valence-corrected chi connectivity index (χ2v) is 13.3. The molecule has 56 heavy (non-hydrogen) atoms. The fraction of sp³-hybridized carbons (Fsp3) is 0.132. The number of fused-ring (bicyclic) bond motifs is 3. The van der Waals surface area contributed by atoms with E-state index in [1.165, 1.54) is 83.0 Å². The van der Waals surface area contributed by atoms with Crippen LogP contribution in [0.3, 0.4) is 0 Å². The third-order valence-corrected chi connectivity index (χ3v) is 9.75. The van der Waals surface area contributed by atoms with Crippen LogP contribution >= 0.6 is 0 Å². The van der Waals surface area contributed by atoms with E-state index in [1.54, 1.807) is 0 Å². The number of para-hydroxylation sites is 1. The average Bonchev–Trinajstić information content (AvgIpc) is 3.60. The van der Waals surface area contributed by atoms with Crippen LogP contribution in [-0.2, 0) is 0 Å². The molecule has 0 N–H and O–H groups in total. The Morgan fingerprint density at radius 3 is 1.52 bits per heavy atom. The lowest BCUT2D eigenvalue weighted by Crippen LogP contribution is -1.96. The molecular formula is C53H51N3. The minimum absolute atomic E-state index is 1.16. The van der Waals surface area contributed by atoms with Crippen LogP contribution in [0.1, 0.15) is 44.4 Å². The van der Waals surface area contributed by atoms with Gasteiger partial charge in [0.05, 0.1) is 11.0 Å². The Hall–Kier alpha value is -6.58. The van der Waals surface area contributed by atoms with Gasteiger partial charge in [0.2, 0.25) is 0 Å². The first-order valence-corrected chi connectivity index (χ1v) is 19.7. The molecule has 0 fully saturated rings. The average molecular weight is 730 g/mol. The first-order chi connectivity index (χ1) is 27.5. The second kappa shape index (κ2) is 18.6. The van der Waals surface area contributed by atoms with Gasteiger partial charge in [0.1, 0.15) is 0 Å². The Kier molecular flexibility index (Phi) is 13.0. The number of benzene rings is 6. The van der Waals surface area contributed by atoms with Gasteiger partial charge in [0.15, 0.2) is 0 Å². The highest BCUT2D eigenvalue weighted by Gasteiger charge is 2.14. The molecule has 9 aromatic rings. The van der Waals surface area contributed by atoms with Gasteiger partial charge in [0.25, 0.3) is 0 Å². The Morgan fingerprint density at radius 1 is 0.375 bits per heavy atom. The molecule has 0 spiro atoms. The van der Waals surface area contributed by atoms with Crippen LogP contribution in [0.5, 0.6) is 0 Å². The second-order valence-electron chi connectivity index (χ2n) is 13.3. The van der Waals surface area contributed by atoms with E-state index < -0.39 is 0 Å². The fourth-order valence-electron chi connectivity index (χ4n) is 7.16. The van der Waals surface area contributed by atoms with Crippen molar-refractivity contribution >= 4 is 21.8 Å². The molecule has 3 heteroatoms. The lowest BCUT2D eigenvalue weighted by Gasteiger charge is -2.14. The number of pyridine rings is 2. The van der Waals surface area contributed by atoms with Crippen molar-refractivity contribution in [3.8, 4) is 50.2 Å². The quantitative estimate of drug-likeness (QED) is 0.177. The summed E-state index contributed by atoms with van der Waals surface area (Å²) < 4.78 is 2.36. The number of aryl methyl sites for hydroxylation is 3. The molecule has 3 aromatic heterocycles. The minimum atomic E-state index is 1.16. The van der Waals surface area contributed by atoms with Crippen LogP contribution in [-0.4, -0.2) is 14.5 Å². The molecule has 3 heterocycles. The zero-order valence-electron chi connectivity index (χ0n) is 33.7. The number of nitrogens with zero attached hydrogens (tertiary/aromatic N) is 3. The molecule has 3 nitrogen and oxygen atoms in total. The van der Waals surface area contributed by atoms with Crippen LogP contribution in [0.2, 0.25) is 0 Å². The van der Waals surface area contributed by atoms with E-state index in [1.807, 2.05) is 58.5 Å². The smallest absolute Gasteiger partial charge is 0.0571 e. The largest absolute Gasteiger partial charge is 0.309 e. The maximum Gasteiger partial charge on any atom is 0.0571 e. The Bertz CT molecular complexity index is 2500. The lowest BCUT2D eigenvalue weighted by molar-refractivity contribution is 1.17. The van der Waals surface area contributed by atoms with Gasteiger partial charge in [-0.25, -0.2) is 0 Å². The zero-order valence-corrected chi connectivity index (χ0v) is 33.7. The maximum atomic E-state index is 4.42. The summed E-state index contributed by atoms with van der Waals surface area (Å²) in [4.78, 5) is 8.58. The SMILES string of the molecule is CC.CC.Cc1cc(-c2cc(-c3ccccc3)cc(-c3ccccc3)c2)cc(-n2c3ccccc3c3cnccc32)c1.Cc1ccccc1-c1cnccc1C. The zero-order chi connectivity index (χ0) is 39.4. The van der Waals surface area contributed by atoms with E-state index in [-0.39, 0.29) is 0 Å². The highest BCUT2D eigenvalue weighted by atomic mass is 15.0. The summed E-state index contributed by atoms with van der Waals surface area (Å²) in [5.41, 5.74) is 17.1. The number of hydrogen-bond donors (Lipinski definition) is 0. The molecule has 0 aliphatic carbocycles. The first-order valence-electron chi connectivity index (χ1n) is 19.7. The van der Waals surface area contributed by atoms with Gasteiger partial charge < -0.3 is 4.57 Å². The summed E-state index contributed by atoms with van der Waals surface area (Å²) >= 11 is 0. The Morgan fingerprint density at radius 2 is 0.875 bits per heavy atom. The van der Waals surface area contributed by atoms with Crippen molar-refractivity contribution in [3.05, 3.63) is 199 Å². The number of hydrogen-bond acceptors (Lipinski definition) is 2. The van der Waals surface area contributed by atoms with Gasteiger partial charge in [-0.2, -0.15) is 0 Å². The first kappa shape index (κ1) is 39.1. The lowest BCUT2D eigenvalue weighted by atomic mass is 9.92. The fourth-order valence-corrected chi connectivity index (χ4v) is 7.16. The third-order valence-electron chi connectivity index (χ3n) is 9.75. The van der Waals surface area contributed by atoms with Crippen molar-refractivity contribution in [2.45, 2.75) is 48.5 Å². The van der Waals surface area contributed by atoms with Gasteiger partial charge in [-0.15, -0.1) is 0 Å². The van der Waals surface area contributed by atoms with Crippen LogP contribution in [0.15, 0.2) is 183 Å². The molecule has 0 aliphatic rings. The molecule has 0 saturated heterocycles. The standard InChI is InChI=1S/C36H26N2.C13H13N.2C2H6/c1-25-18-28(23-32(19-25)38-35-15-9-8-14-33(35)34-24-37-17-16-36(34)38)31-21-29(26-10-4-2-5-11-26)20-30(22-31)27-12-6-3-7-13-27;1-10-5-3-4-6-12(10)13-9-14-8-7-11(13)2;2*1-2/h2-24H,1H3;3-9H,1-2H3;2*1-2H3. The predicted molar refractivity (Wildman–Crippen MR) is 241 cm³/mol. The van der Waals surface area contributed by atoms with Crippen molar-refractivity contribution in [3.63, 3.8) is 0 Å². The summed E-state index contributed by atoms with van der Waals surface area (Å²) in [7, 11) is 0. The topological polar surface area (TPSA) is 30.7 Å². The van der Waals surface area contributed by atoms with E-state index in [0.29, 0.717) is 0 Å². The molecule has 0 amide bonds. The molecule has 9 rings (SSSR count). The summed E-state index contributed by atoms with van der Waals surface area (Å²) in [6, 6.07) is 56.2. The van der Waals surface area contributed by atoms with Crippen LogP contribution in [0, 0.1) is 20.8 Å². The van der Waals surface area contributed by atoms with E-state index >= 15 is 0 Å². The monoisotopic (exact) mass is 729 g/mol. The number of rotatable bonds is 5. The van der Waals surface area contributed by atoms with Crippen LogP contribution in [0.4, 0.5) is 0 Å². The van der Waals surface area contributed by atoms with E-state index in [9.17, 15) is 0 Å². The molecule has 0 aliphatic heterocycles. The summed E-state index contributed by atoms with van der Waals surface area (Å²) in [6.45, 7) is 14.4.